The summed E-state index contributed by atoms with van der Waals surface area (Å²) in [5.41, 5.74) is 1.08. The second kappa shape index (κ2) is 9.59. The molecule has 2 unspecified atom stereocenters. The van der Waals surface area contributed by atoms with Gasteiger partial charge < -0.3 is 9.47 Å². The molecule has 0 N–H and O–H groups in total. The maximum Gasteiger partial charge on any atom is 0.309 e. The number of carbonyl (C=O) groups excluding carboxylic acids is 1. The van der Waals surface area contributed by atoms with Crippen LogP contribution in [0.5, 0.6) is 5.75 Å². The van der Waals surface area contributed by atoms with E-state index in [1.54, 1.807) is 0 Å². The lowest BCUT2D eigenvalue weighted by Gasteiger charge is -2.11. The van der Waals surface area contributed by atoms with Crippen molar-refractivity contribution < 1.29 is 14.3 Å². The Kier molecular flexibility index (Phi) is 7.44. The highest BCUT2D eigenvalue weighted by molar-refractivity contribution is 5.74. The van der Waals surface area contributed by atoms with Crippen molar-refractivity contribution in [2.24, 2.45) is 5.92 Å². The Hall–Kier alpha value is -1.51. The van der Waals surface area contributed by atoms with Gasteiger partial charge in [-0.05, 0) is 30.5 Å². The number of carbonyl (C=O) groups is 1. The highest BCUT2D eigenvalue weighted by atomic mass is 16.6. The van der Waals surface area contributed by atoms with Crippen molar-refractivity contribution in [2.75, 3.05) is 6.61 Å². The van der Waals surface area contributed by atoms with Crippen molar-refractivity contribution in [3.05, 3.63) is 29.8 Å². The molecule has 1 aliphatic heterocycles. The van der Waals surface area contributed by atoms with E-state index in [1.807, 2.05) is 24.3 Å². The molecule has 2 rings (SSSR count). The van der Waals surface area contributed by atoms with Crippen LogP contribution in [-0.4, -0.2) is 12.6 Å². The first-order valence-corrected chi connectivity index (χ1v) is 9.17. The Morgan fingerprint density at radius 3 is 2.43 bits per heavy atom. The highest BCUT2D eigenvalue weighted by Crippen LogP contribution is 2.36. The van der Waals surface area contributed by atoms with Crippen molar-refractivity contribution in [1.29, 1.82) is 0 Å². The SMILES string of the molecule is CCCCCOc1ccc(C2CC(CCCCC)C(=O)O2)cc1. The van der Waals surface area contributed by atoms with Crippen molar-refractivity contribution in [3.8, 4) is 5.75 Å². The number of hydrogen-bond donors (Lipinski definition) is 0. The van der Waals surface area contributed by atoms with Crippen molar-refractivity contribution in [2.45, 2.75) is 71.3 Å². The van der Waals surface area contributed by atoms with Crippen molar-refractivity contribution in [1.82, 2.24) is 0 Å². The van der Waals surface area contributed by atoms with E-state index in [9.17, 15) is 4.79 Å². The maximum atomic E-state index is 12.0. The summed E-state index contributed by atoms with van der Waals surface area (Å²) in [6, 6.07) is 8.03. The lowest BCUT2D eigenvalue weighted by Crippen LogP contribution is -2.06. The minimum Gasteiger partial charge on any atom is -0.494 e. The quantitative estimate of drug-likeness (QED) is 0.425. The van der Waals surface area contributed by atoms with Gasteiger partial charge in [0.2, 0.25) is 0 Å². The number of benzene rings is 1. The highest BCUT2D eigenvalue weighted by Gasteiger charge is 2.34. The van der Waals surface area contributed by atoms with Crippen LogP contribution in [0.25, 0.3) is 0 Å². The molecule has 2 atom stereocenters. The van der Waals surface area contributed by atoms with Crippen LogP contribution in [0, 0.1) is 5.92 Å². The molecule has 23 heavy (non-hydrogen) atoms. The van der Waals surface area contributed by atoms with Gasteiger partial charge in [-0.15, -0.1) is 0 Å². The molecule has 1 saturated heterocycles. The predicted octanol–water partition coefficient (Wildman–Crippen LogP) is 5.44. The van der Waals surface area contributed by atoms with E-state index in [4.69, 9.17) is 9.47 Å². The first kappa shape index (κ1) is 17.8. The van der Waals surface area contributed by atoms with Gasteiger partial charge in [0, 0.05) is 6.42 Å². The number of cyclic esters (lactones) is 1. The van der Waals surface area contributed by atoms with E-state index in [0.717, 1.165) is 43.6 Å². The predicted molar refractivity (Wildman–Crippen MR) is 92.5 cm³/mol. The topological polar surface area (TPSA) is 35.5 Å². The Morgan fingerprint density at radius 1 is 1.04 bits per heavy atom. The molecule has 3 nitrogen and oxygen atoms in total. The Labute approximate surface area is 140 Å². The summed E-state index contributed by atoms with van der Waals surface area (Å²) in [5.74, 6) is 0.955. The zero-order chi connectivity index (χ0) is 16.5. The fraction of sp³-hybridized carbons (Fsp3) is 0.650. The van der Waals surface area contributed by atoms with Crippen LogP contribution < -0.4 is 4.74 Å². The number of ether oxygens (including phenoxy) is 2. The van der Waals surface area contributed by atoms with Gasteiger partial charge in [-0.2, -0.15) is 0 Å². The molecule has 1 aromatic carbocycles. The molecule has 1 heterocycles. The first-order chi connectivity index (χ1) is 11.2. The zero-order valence-corrected chi connectivity index (χ0v) is 14.6. The molecule has 0 amide bonds. The van der Waals surface area contributed by atoms with Gasteiger partial charge in [0.15, 0.2) is 0 Å². The normalized spacial score (nSPS) is 20.5. The largest absolute Gasteiger partial charge is 0.494 e. The summed E-state index contributed by atoms with van der Waals surface area (Å²) < 4.78 is 11.3. The van der Waals surface area contributed by atoms with Gasteiger partial charge in [0.1, 0.15) is 11.9 Å². The van der Waals surface area contributed by atoms with E-state index in [2.05, 4.69) is 13.8 Å². The summed E-state index contributed by atoms with van der Waals surface area (Å²) in [6.45, 7) is 5.14. The zero-order valence-electron chi connectivity index (χ0n) is 14.6. The summed E-state index contributed by atoms with van der Waals surface area (Å²) in [4.78, 5) is 12.0. The summed E-state index contributed by atoms with van der Waals surface area (Å²) in [6.07, 6.45) is 8.70. The lowest BCUT2D eigenvalue weighted by atomic mass is 9.95. The third-order valence-electron chi connectivity index (χ3n) is 4.51. The number of hydrogen-bond acceptors (Lipinski definition) is 3. The molecule has 3 heteroatoms. The molecule has 1 aliphatic rings. The van der Waals surface area contributed by atoms with Crippen LogP contribution in [0.2, 0.25) is 0 Å². The second-order valence-corrected chi connectivity index (χ2v) is 6.48. The Morgan fingerprint density at radius 2 is 1.74 bits per heavy atom. The maximum absolute atomic E-state index is 12.0. The van der Waals surface area contributed by atoms with Crippen molar-refractivity contribution in [3.63, 3.8) is 0 Å². The van der Waals surface area contributed by atoms with Crippen molar-refractivity contribution >= 4 is 5.97 Å². The average molecular weight is 318 g/mol. The van der Waals surface area contributed by atoms with Crippen LogP contribution in [0.3, 0.4) is 0 Å². The standard InChI is InChI=1S/C20H30O3/c1-3-5-7-9-17-15-19(23-20(17)21)16-10-12-18(13-11-16)22-14-8-6-4-2/h10-13,17,19H,3-9,14-15H2,1-2H3. The molecule has 0 saturated carbocycles. The van der Waals surface area contributed by atoms with E-state index in [0.29, 0.717) is 0 Å². The molecule has 1 aromatic rings. The van der Waals surface area contributed by atoms with E-state index in [-0.39, 0.29) is 18.0 Å². The summed E-state index contributed by atoms with van der Waals surface area (Å²) >= 11 is 0. The Bertz CT molecular complexity index is 466. The number of rotatable bonds is 10. The van der Waals surface area contributed by atoms with Crippen LogP contribution in [0.1, 0.15) is 76.9 Å². The molecule has 0 aliphatic carbocycles. The van der Waals surface area contributed by atoms with Gasteiger partial charge in [-0.3, -0.25) is 4.79 Å². The van der Waals surface area contributed by atoms with Gasteiger partial charge in [0.25, 0.3) is 0 Å². The third-order valence-corrected chi connectivity index (χ3v) is 4.51. The molecular weight excluding hydrogens is 288 g/mol. The number of unbranched alkanes of at least 4 members (excludes halogenated alkanes) is 4. The monoisotopic (exact) mass is 318 g/mol. The fourth-order valence-electron chi connectivity index (χ4n) is 3.04. The fourth-order valence-corrected chi connectivity index (χ4v) is 3.04. The molecule has 0 bridgehead atoms. The first-order valence-electron chi connectivity index (χ1n) is 9.17. The average Bonchev–Trinajstić information content (AvgIpc) is 2.94. The van der Waals surface area contributed by atoms with Gasteiger partial charge in [0.05, 0.1) is 12.5 Å². The minimum absolute atomic E-state index is 0.0222. The molecule has 0 radical (unpaired) electrons. The van der Waals surface area contributed by atoms with Gasteiger partial charge >= 0.3 is 5.97 Å². The van der Waals surface area contributed by atoms with Crippen LogP contribution in [0.15, 0.2) is 24.3 Å². The van der Waals surface area contributed by atoms with E-state index >= 15 is 0 Å². The second-order valence-electron chi connectivity index (χ2n) is 6.48. The van der Waals surface area contributed by atoms with Crippen LogP contribution in [0.4, 0.5) is 0 Å². The van der Waals surface area contributed by atoms with Gasteiger partial charge in [-0.25, -0.2) is 0 Å². The molecular formula is C20H30O3. The molecule has 1 fully saturated rings. The van der Waals surface area contributed by atoms with Crippen LogP contribution >= 0.6 is 0 Å². The van der Waals surface area contributed by atoms with Gasteiger partial charge in [-0.1, -0.05) is 58.1 Å². The van der Waals surface area contributed by atoms with E-state index in [1.165, 1.54) is 25.7 Å². The summed E-state index contributed by atoms with van der Waals surface area (Å²) in [5, 5.41) is 0. The molecule has 0 spiro atoms. The Balaban J connectivity index is 1.81. The minimum atomic E-state index is -0.0803. The smallest absolute Gasteiger partial charge is 0.309 e. The molecule has 0 aromatic heterocycles. The van der Waals surface area contributed by atoms with Crippen LogP contribution in [-0.2, 0) is 9.53 Å². The third kappa shape index (κ3) is 5.56. The summed E-state index contributed by atoms with van der Waals surface area (Å²) in [7, 11) is 0. The number of esters is 1. The van der Waals surface area contributed by atoms with E-state index < -0.39 is 0 Å². The lowest BCUT2D eigenvalue weighted by molar-refractivity contribution is -0.144. The molecule has 128 valence electrons.